The summed E-state index contributed by atoms with van der Waals surface area (Å²) in [5, 5.41) is 10.3. The molecule has 1 aromatic rings. The van der Waals surface area contributed by atoms with Gasteiger partial charge in [-0.05, 0) is 31.2 Å². The van der Waals surface area contributed by atoms with Gasteiger partial charge < -0.3 is 9.84 Å². The molecule has 2 saturated heterocycles. The maximum atomic E-state index is 10.3. The number of nitrogens with zero attached hydrogens (tertiary/aromatic N) is 1. The fraction of sp³-hybridized carbons (Fsp3) is 0.647. The second kappa shape index (κ2) is 6.70. The molecule has 2 heterocycles. The largest absolute Gasteiger partial charge is 0.393 e. The lowest BCUT2D eigenvalue weighted by Gasteiger charge is -2.42. The molecule has 0 spiro atoms. The molecule has 3 rings (SSSR count). The summed E-state index contributed by atoms with van der Waals surface area (Å²) in [4.78, 5) is 2.59. The molecule has 0 radical (unpaired) electrons. The Balaban J connectivity index is 1.61. The van der Waals surface area contributed by atoms with Crippen LogP contribution in [0.15, 0.2) is 30.3 Å². The molecule has 0 saturated carbocycles. The maximum absolute atomic E-state index is 10.3. The Bertz CT molecular complexity index is 403. The van der Waals surface area contributed by atoms with E-state index in [1.165, 1.54) is 5.56 Å². The van der Waals surface area contributed by atoms with Crippen LogP contribution >= 0.6 is 0 Å². The quantitative estimate of drug-likeness (QED) is 0.917. The topological polar surface area (TPSA) is 32.7 Å². The summed E-state index contributed by atoms with van der Waals surface area (Å²) >= 11 is 0. The lowest BCUT2D eigenvalue weighted by molar-refractivity contribution is -0.0218. The third-order valence-electron chi connectivity index (χ3n) is 4.77. The molecule has 0 unspecified atom stereocenters. The van der Waals surface area contributed by atoms with Gasteiger partial charge in [0.15, 0.2) is 0 Å². The van der Waals surface area contributed by atoms with Crippen LogP contribution in [-0.4, -0.2) is 48.5 Å². The number of aliphatic hydroxyl groups excluding tert-OH is 1. The highest BCUT2D eigenvalue weighted by Gasteiger charge is 2.32. The van der Waals surface area contributed by atoms with E-state index in [1.807, 2.05) is 0 Å². The van der Waals surface area contributed by atoms with Gasteiger partial charge in [-0.15, -0.1) is 0 Å². The molecule has 20 heavy (non-hydrogen) atoms. The molecule has 110 valence electrons. The molecular formula is C17H25NO2. The van der Waals surface area contributed by atoms with E-state index < -0.39 is 0 Å². The molecule has 0 bridgehead atoms. The first-order chi connectivity index (χ1) is 9.83. The number of aliphatic hydroxyl groups is 1. The summed E-state index contributed by atoms with van der Waals surface area (Å²) in [7, 11) is 0. The molecule has 3 heteroatoms. The highest BCUT2D eigenvalue weighted by Crippen LogP contribution is 2.25. The number of piperidine rings is 1. The van der Waals surface area contributed by atoms with Gasteiger partial charge in [-0.25, -0.2) is 0 Å². The molecule has 3 nitrogen and oxygen atoms in total. The Morgan fingerprint density at radius 2 is 1.85 bits per heavy atom. The predicted molar refractivity (Wildman–Crippen MR) is 79.7 cm³/mol. The van der Waals surface area contributed by atoms with Crippen molar-refractivity contribution in [3.8, 4) is 0 Å². The molecule has 2 atom stereocenters. The number of hydrogen-bond donors (Lipinski definition) is 1. The SMILES string of the molecule is O[C@H]1CCN(C2CCOCC2)C[C@H]1Cc1ccccc1. The number of ether oxygens (including phenoxy) is 1. The minimum absolute atomic E-state index is 0.147. The molecule has 0 amide bonds. The highest BCUT2D eigenvalue weighted by molar-refractivity contribution is 5.15. The molecule has 0 aromatic heterocycles. The van der Waals surface area contributed by atoms with Crippen molar-refractivity contribution in [3.05, 3.63) is 35.9 Å². The third kappa shape index (κ3) is 3.40. The van der Waals surface area contributed by atoms with Crippen molar-refractivity contribution in [1.29, 1.82) is 0 Å². The maximum Gasteiger partial charge on any atom is 0.0596 e. The van der Waals surface area contributed by atoms with Crippen molar-refractivity contribution < 1.29 is 9.84 Å². The fourth-order valence-electron chi connectivity index (χ4n) is 3.55. The summed E-state index contributed by atoms with van der Waals surface area (Å²) in [6.45, 7) is 3.86. The summed E-state index contributed by atoms with van der Waals surface area (Å²) in [5.41, 5.74) is 1.34. The average Bonchev–Trinajstić information content (AvgIpc) is 2.51. The van der Waals surface area contributed by atoms with Crippen molar-refractivity contribution in [2.24, 2.45) is 5.92 Å². The van der Waals surface area contributed by atoms with Crippen LogP contribution in [0.5, 0.6) is 0 Å². The molecule has 2 aliphatic heterocycles. The Morgan fingerprint density at radius 1 is 1.10 bits per heavy atom. The van der Waals surface area contributed by atoms with Crippen LogP contribution < -0.4 is 0 Å². The van der Waals surface area contributed by atoms with Gasteiger partial charge in [-0.3, -0.25) is 4.90 Å². The van der Waals surface area contributed by atoms with Gasteiger partial charge in [-0.1, -0.05) is 30.3 Å². The van der Waals surface area contributed by atoms with Crippen LogP contribution in [0.1, 0.15) is 24.8 Å². The first-order valence-corrected chi connectivity index (χ1v) is 7.87. The molecule has 2 aliphatic rings. The van der Waals surface area contributed by atoms with Crippen molar-refractivity contribution in [1.82, 2.24) is 4.90 Å². The van der Waals surface area contributed by atoms with Gasteiger partial charge in [0.05, 0.1) is 6.10 Å². The minimum atomic E-state index is -0.147. The van der Waals surface area contributed by atoms with Gasteiger partial charge in [0.1, 0.15) is 0 Å². The fourth-order valence-corrected chi connectivity index (χ4v) is 3.55. The lowest BCUT2D eigenvalue weighted by Crippen LogP contribution is -2.50. The Hall–Kier alpha value is -0.900. The molecular weight excluding hydrogens is 250 g/mol. The van der Waals surface area contributed by atoms with Crippen LogP contribution in [0.4, 0.5) is 0 Å². The highest BCUT2D eigenvalue weighted by atomic mass is 16.5. The number of likely N-dealkylation sites (tertiary alicyclic amines) is 1. The van der Waals surface area contributed by atoms with Gasteiger partial charge in [0, 0.05) is 38.3 Å². The smallest absolute Gasteiger partial charge is 0.0596 e. The zero-order valence-corrected chi connectivity index (χ0v) is 12.1. The summed E-state index contributed by atoms with van der Waals surface area (Å²) in [6.07, 6.45) is 4.05. The van der Waals surface area contributed by atoms with E-state index >= 15 is 0 Å². The Kier molecular flexibility index (Phi) is 4.71. The van der Waals surface area contributed by atoms with E-state index in [4.69, 9.17) is 4.74 Å². The van der Waals surface area contributed by atoms with Crippen LogP contribution in [0.25, 0.3) is 0 Å². The van der Waals surface area contributed by atoms with Gasteiger partial charge >= 0.3 is 0 Å². The standard InChI is InChI=1S/C17H25NO2/c19-17-6-9-18(16-7-10-20-11-8-16)13-15(17)12-14-4-2-1-3-5-14/h1-5,15-17,19H,6-13H2/t15-,17+/m1/s1. The second-order valence-electron chi connectivity index (χ2n) is 6.14. The number of hydrogen-bond acceptors (Lipinski definition) is 3. The first kappa shape index (κ1) is 14.1. The third-order valence-corrected chi connectivity index (χ3v) is 4.77. The molecule has 2 fully saturated rings. The molecule has 1 N–H and O–H groups in total. The summed E-state index contributed by atoms with van der Waals surface area (Å²) in [6, 6.07) is 11.2. The van der Waals surface area contributed by atoms with Gasteiger partial charge in [-0.2, -0.15) is 0 Å². The molecule has 1 aromatic carbocycles. The Labute approximate surface area is 121 Å². The first-order valence-electron chi connectivity index (χ1n) is 7.87. The van der Waals surface area contributed by atoms with Crippen molar-refractivity contribution >= 4 is 0 Å². The van der Waals surface area contributed by atoms with E-state index in [0.29, 0.717) is 12.0 Å². The zero-order chi connectivity index (χ0) is 13.8. The zero-order valence-electron chi connectivity index (χ0n) is 12.1. The lowest BCUT2D eigenvalue weighted by atomic mass is 9.87. The second-order valence-corrected chi connectivity index (χ2v) is 6.14. The van der Waals surface area contributed by atoms with Crippen molar-refractivity contribution in [2.75, 3.05) is 26.3 Å². The van der Waals surface area contributed by atoms with Crippen LogP contribution in [-0.2, 0) is 11.2 Å². The van der Waals surface area contributed by atoms with E-state index in [0.717, 1.165) is 52.0 Å². The molecule has 0 aliphatic carbocycles. The van der Waals surface area contributed by atoms with Gasteiger partial charge in [0.25, 0.3) is 0 Å². The minimum Gasteiger partial charge on any atom is -0.393 e. The Morgan fingerprint density at radius 3 is 2.60 bits per heavy atom. The van der Waals surface area contributed by atoms with Crippen LogP contribution in [0.3, 0.4) is 0 Å². The summed E-state index contributed by atoms with van der Waals surface area (Å²) < 4.78 is 5.46. The van der Waals surface area contributed by atoms with Crippen LogP contribution in [0, 0.1) is 5.92 Å². The number of rotatable bonds is 3. The van der Waals surface area contributed by atoms with Gasteiger partial charge in [0.2, 0.25) is 0 Å². The van der Waals surface area contributed by atoms with E-state index in [9.17, 15) is 5.11 Å². The average molecular weight is 275 g/mol. The normalized spacial score (nSPS) is 29.4. The van der Waals surface area contributed by atoms with Crippen LogP contribution in [0.2, 0.25) is 0 Å². The van der Waals surface area contributed by atoms with Crippen molar-refractivity contribution in [3.63, 3.8) is 0 Å². The van der Waals surface area contributed by atoms with E-state index in [1.54, 1.807) is 0 Å². The van der Waals surface area contributed by atoms with E-state index in [2.05, 4.69) is 35.2 Å². The van der Waals surface area contributed by atoms with Crippen molar-refractivity contribution in [2.45, 2.75) is 37.8 Å². The predicted octanol–water partition coefficient (Wildman–Crippen LogP) is 2.09. The monoisotopic (exact) mass is 275 g/mol. The van der Waals surface area contributed by atoms with E-state index in [-0.39, 0.29) is 6.10 Å². The number of benzene rings is 1. The summed E-state index contributed by atoms with van der Waals surface area (Å²) in [5.74, 6) is 0.369.